The number of nitrogens with zero attached hydrogens (tertiary/aromatic N) is 1. The quantitative estimate of drug-likeness (QED) is 0.463. The monoisotopic (exact) mass is 180 g/mol. The Hall–Kier alpha value is 0.116. The number of carboxylic acid groups (broad SMARTS) is 1. The van der Waals surface area contributed by atoms with Gasteiger partial charge in [-0.2, -0.15) is 0 Å². The molecule has 1 aromatic rings. The number of carbonyl (C=O) groups excluding carboxylic acids is 1. The van der Waals surface area contributed by atoms with Crippen molar-refractivity contribution >= 4 is 5.97 Å². The Morgan fingerprint density at radius 3 is 2.73 bits per heavy atom. The Kier molecular flexibility index (Phi) is 4.94. The smallest absolute Gasteiger partial charge is 0.548 e. The molecular weight excluding hydrogens is 175 g/mol. The number of aromatic nitrogens is 2. The number of carboxylic acids is 1. The Morgan fingerprint density at radius 2 is 2.36 bits per heavy atom. The van der Waals surface area contributed by atoms with Gasteiger partial charge in [0, 0.05) is 12.4 Å². The fraction of sp³-hybridized carbons (Fsp3) is 0.200. The van der Waals surface area contributed by atoms with Crippen molar-refractivity contribution in [3.05, 3.63) is 22.9 Å². The van der Waals surface area contributed by atoms with E-state index >= 15 is 0 Å². The van der Waals surface area contributed by atoms with E-state index in [0.29, 0.717) is 0 Å². The average Bonchev–Trinajstić information content (AvgIpc) is 2.15. The van der Waals surface area contributed by atoms with Crippen LogP contribution < -0.4 is 62.2 Å². The van der Waals surface area contributed by atoms with Gasteiger partial charge in [0.15, 0.2) is 0 Å². The van der Waals surface area contributed by atoms with Crippen LogP contribution in [0.4, 0.5) is 0 Å². The second kappa shape index (κ2) is 4.89. The zero-order valence-corrected chi connectivity index (χ0v) is 9.16. The minimum atomic E-state index is -1.28. The predicted molar refractivity (Wildman–Crippen MR) is 30.1 cm³/mol. The van der Waals surface area contributed by atoms with Crippen LogP contribution in [0, 0.1) is 0 Å². The largest absolute Gasteiger partial charge is 1.00 e. The van der Waals surface area contributed by atoms with E-state index in [9.17, 15) is 14.7 Å². The zero-order valence-electron chi connectivity index (χ0n) is 6.03. The second-order valence-electron chi connectivity index (χ2n) is 1.77. The van der Waals surface area contributed by atoms with Crippen LogP contribution in [0.3, 0.4) is 0 Å². The first-order chi connectivity index (χ1) is 4.70. The standard InChI is InChI=1S/C5H6N2O3.K/c8-4(9)3-7-2-1-6-5(7)10;/h1-2H,3H2,(H,6,10)(H,8,9);/q;+1/p-1. The van der Waals surface area contributed by atoms with Gasteiger partial charge in [-0.15, -0.1) is 0 Å². The fourth-order valence-electron chi connectivity index (χ4n) is 0.613. The van der Waals surface area contributed by atoms with Gasteiger partial charge in [0.25, 0.3) is 0 Å². The number of imidazole rings is 1. The maximum atomic E-state index is 10.6. The van der Waals surface area contributed by atoms with E-state index in [1.165, 1.54) is 12.4 Å². The molecular formula is C5H5KN2O3. The molecule has 0 radical (unpaired) electrons. The van der Waals surface area contributed by atoms with Crippen LogP contribution >= 0.6 is 0 Å². The third kappa shape index (κ3) is 3.34. The first kappa shape index (κ1) is 11.1. The number of rotatable bonds is 2. The summed E-state index contributed by atoms with van der Waals surface area (Å²) >= 11 is 0. The Labute approximate surface area is 105 Å². The van der Waals surface area contributed by atoms with Crippen molar-refractivity contribution < 1.29 is 61.3 Å². The molecule has 0 aliphatic carbocycles. The number of carbonyl (C=O) groups is 1. The summed E-state index contributed by atoms with van der Waals surface area (Å²) in [7, 11) is 0. The molecule has 1 rings (SSSR count). The summed E-state index contributed by atoms with van der Waals surface area (Å²) in [6.45, 7) is -0.400. The van der Waals surface area contributed by atoms with E-state index in [0.717, 1.165) is 4.57 Å². The van der Waals surface area contributed by atoms with Gasteiger partial charge in [-0.05, 0) is 0 Å². The molecule has 5 nitrogen and oxygen atoms in total. The zero-order chi connectivity index (χ0) is 7.56. The Morgan fingerprint density at radius 1 is 1.73 bits per heavy atom. The normalized spacial score (nSPS) is 8.73. The molecule has 1 aromatic heterocycles. The summed E-state index contributed by atoms with van der Waals surface area (Å²) < 4.78 is 1.01. The third-order valence-corrected chi connectivity index (χ3v) is 1.02. The molecule has 1 N–H and O–H groups in total. The summed E-state index contributed by atoms with van der Waals surface area (Å²) in [5.41, 5.74) is -0.441. The molecule has 0 fully saturated rings. The number of H-pyrrole nitrogens is 1. The van der Waals surface area contributed by atoms with Crippen LogP contribution in [-0.2, 0) is 11.3 Å². The number of hydrogen-bond donors (Lipinski definition) is 1. The third-order valence-electron chi connectivity index (χ3n) is 1.02. The van der Waals surface area contributed by atoms with Crippen LogP contribution in [0.25, 0.3) is 0 Å². The van der Waals surface area contributed by atoms with Crippen LogP contribution in [0.5, 0.6) is 0 Å². The molecule has 1 heterocycles. The van der Waals surface area contributed by atoms with E-state index in [-0.39, 0.29) is 51.4 Å². The Balaban J connectivity index is 0.000001000. The second-order valence-corrected chi connectivity index (χ2v) is 1.77. The van der Waals surface area contributed by atoms with Crippen molar-refractivity contribution in [3.63, 3.8) is 0 Å². The van der Waals surface area contributed by atoms with Crippen molar-refractivity contribution in [2.45, 2.75) is 6.54 Å². The molecule has 0 bridgehead atoms. The van der Waals surface area contributed by atoms with Crippen molar-refractivity contribution in [2.24, 2.45) is 0 Å². The minimum Gasteiger partial charge on any atom is -0.548 e. The summed E-state index contributed by atoms with van der Waals surface area (Å²) in [5.74, 6) is -1.28. The van der Waals surface area contributed by atoms with Gasteiger partial charge in [-0.3, -0.25) is 4.57 Å². The predicted octanol–water partition coefficient (Wildman–Crippen LogP) is -5.07. The van der Waals surface area contributed by atoms with Gasteiger partial charge < -0.3 is 14.9 Å². The minimum absolute atomic E-state index is 0. The molecule has 6 heteroatoms. The Bertz CT molecular complexity index is 290. The van der Waals surface area contributed by atoms with Crippen LogP contribution in [0.15, 0.2) is 17.2 Å². The number of aromatic amines is 1. The SMILES string of the molecule is O=C([O-])Cn1cc[nH]c1=O.[K+]. The molecule has 0 atom stereocenters. The molecule has 0 aliphatic rings. The maximum Gasteiger partial charge on any atom is 1.00 e. The molecule has 0 aliphatic heterocycles. The number of hydrogen-bond acceptors (Lipinski definition) is 3. The maximum absolute atomic E-state index is 10.6. The molecule has 0 aromatic carbocycles. The van der Waals surface area contributed by atoms with E-state index in [2.05, 4.69) is 4.98 Å². The van der Waals surface area contributed by atoms with Gasteiger partial charge in [0.05, 0.1) is 12.5 Å². The number of nitrogens with one attached hydrogen (secondary N) is 1. The van der Waals surface area contributed by atoms with E-state index in [4.69, 9.17) is 0 Å². The molecule has 11 heavy (non-hydrogen) atoms. The van der Waals surface area contributed by atoms with Crippen molar-refractivity contribution in [2.75, 3.05) is 0 Å². The first-order valence-electron chi connectivity index (χ1n) is 2.64. The summed E-state index contributed by atoms with van der Waals surface area (Å²) in [5, 5.41) is 9.93. The first-order valence-corrected chi connectivity index (χ1v) is 2.64. The molecule has 0 saturated heterocycles. The van der Waals surface area contributed by atoms with Gasteiger partial charge >= 0.3 is 57.1 Å². The van der Waals surface area contributed by atoms with E-state index < -0.39 is 18.2 Å². The van der Waals surface area contributed by atoms with Gasteiger partial charge in [-0.1, -0.05) is 0 Å². The topological polar surface area (TPSA) is 77.9 Å². The van der Waals surface area contributed by atoms with E-state index in [1.54, 1.807) is 0 Å². The summed E-state index contributed by atoms with van der Waals surface area (Å²) in [6.07, 6.45) is 2.71. The van der Waals surface area contributed by atoms with Gasteiger partial charge in [0.1, 0.15) is 0 Å². The average molecular weight is 180 g/mol. The van der Waals surface area contributed by atoms with E-state index in [1.807, 2.05) is 0 Å². The van der Waals surface area contributed by atoms with Crippen molar-refractivity contribution in [3.8, 4) is 0 Å². The molecule has 0 unspecified atom stereocenters. The molecule has 0 saturated carbocycles. The fourth-order valence-corrected chi connectivity index (χ4v) is 0.613. The van der Waals surface area contributed by atoms with Gasteiger partial charge in [-0.25, -0.2) is 4.79 Å². The van der Waals surface area contributed by atoms with Crippen molar-refractivity contribution in [1.29, 1.82) is 0 Å². The number of aliphatic carboxylic acids is 1. The van der Waals surface area contributed by atoms with Crippen LogP contribution in [0.1, 0.15) is 0 Å². The van der Waals surface area contributed by atoms with Crippen LogP contribution in [-0.4, -0.2) is 15.5 Å². The van der Waals surface area contributed by atoms with Crippen LogP contribution in [0.2, 0.25) is 0 Å². The molecule has 54 valence electrons. The molecule has 0 amide bonds. The van der Waals surface area contributed by atoms with Gasteiger partial charge in [0.2, 0.25) is 0 Å². The molecule has 0 spiro atoms. The summed E-state index contributed by atoms with van der Waals surface area (Å²) in [6, 6.07) is 0. The van der Waals surface area contributed by atoms with Crippen molar-refractivity contribution in [1.82, 2.24) is 9.55 Å². The summed E-state index contributed by atoms with van der Waals surface area (Å²) in [4.78, 5) is 22.8.